The Morgan fingerprint density at radius 1 is 1.30 bits per heavy atom. The van der Waals surface area contributed by atoms with Crippen molar-refractivity contribution < 1.29 is 14.2 Å². The number of nitrogens with zero attached hydrogens (tertiary/aromatic N) is 4. The van der Waals surface area contributed by atoms with Crippen molar-refractivity contribution in [2.24, 2.45) is 10.8 Å². The molecule has 0 aliphatic carbocycles. The maximum atomic E-state index is 12.6. The van der Waals surface area contributed by atoms with Gasteiger partial charge in [-0.1, -0.05) is 34.8 Å². The number of nitrogens with one attached hydrogen (secondary N) is 1. The van der Waals surface area contributed by atoms with Crippen molar-refractivity contribution in [3.8, 4) is 0 Å². The molecule has 0 aromatic heterocycles. The van der Waals surface area contributed by atoms with E-state index in [1.54, 1.807) is 17.7 Å². The lowest BCUT2D eigenvalue weighted by atomic mass is 10.1. The van der Waals surface area contributed by atoms with Gasteiger partial charge in [-0.2, -0.15) is 5.84 Å². The monoisotopic (exact) mass is 335 g/mol. The lowest BCUT2D eigenvalue weighted by molar-refractivity contribution is -0.553. The highest BCUT2D eigenvalue weighted by molar-refractivity contribution is 6.31. The van der Waals surface area contributed by atoms with Crippen molar-refractivity contribution in [2.75, 3.05) is 14.1 Å². The van der Waals surface area contributed by atoms with Crippen LogP contribution in [0.15, 0.2) is 29.3 Å². The molecule has 2 heterocycles. The minimum absolute atomic E-state index is 0.313. The van der Waals surface area contributed by atoms with E-state index in [4.69, 9.17) is 17.4 Å². The molecule has 3 amide bonds. The number of hydrazine groups is 1. The Morgan fingerprint density at radius 3 is 2.65 bits per heavy atom. The van der Waals surface area contributed by atoms with E-state index in [0.717, 1.165) is 10.5 Å². The van der Waals surface area contributed by atoms with Crippen molar-refractivity contribution in [3.05, 3.63) is 34.9 Å². The van der Waals surface area contributed by atoms with Crippen LogP contribution in [0.25, 0.3) is 0 Å². The number of carbonyl (C=O) groups excluding carboxylic acids is 2. The summed E-state index contributed by atoms with van der Waals surface area (Å²) in [6.07, 6.45) is 0. The van der Waals surface area contributed by atoms with E-state index < -0.39 is 12.1 Å². The Balaban J connectivity index is 2.02. The Kier molecular flexibility index (Phi) is 3.78. The fourth-order valence-electron chi connectivity index (χ4n) is 2.69. The van der Waals surface area contributed by atoms with Crippen LogP contribution >= 0.6 is 11.6 Å². The van der Waals surface area contributed by atoms with E-state index in [2.05, 4.69) is 10.4 Å². The van der Waals surface area contributed by atoms with Crippen LogP contribution in [0.1, 0.15) is 5.56 Å². The smallest absolute Gasteiger partial charge is 0.270 e. The molecule has 1 aromatic rings. The number of amidine groups is 1. The summed E-state index contributed by atoms with van der Waals surface area (Å²) in [5.41, 5.74) is 3.31. The highest BCUT2D eigenvalue weighted by Crippen LogP contribution is 2.22. The molecule has 2 aliphatic rings. The standard InChI is InChI=1S/C14H15ClN6O2/c1-19-11-10(12(22)20(2)14(19)23)21(13(17-11)18-16)7-8-5-3-4-6-9(8)15/h3-6,10H,7,16H2,1-2H3/p+1. The average molecular weight is 336 g/mol. The first kappa shape index (κ1) is 15.4. The van der Waals surface area contributed by atoms with Gasteiger partial charge in [-0.25, -0.2) is 14.8 Å². The molecule has 1 fully saturated rings. The van der Waals surface area contributed by atoms with Gasteiger partial charge >= 0.3 is 12.0 Å². The molecule has 1 saturated heterocycles. The predicted octanol–water partition coefficient (Wildman–Crippen LogP) is -0.0237. The molecule has 0 spiro atoms. The van der Waals surface area contributed by atoms with E-state index in [1.165, 1.54) is 11.9 Å². The number of imide groups is 1. The molecule has 1 aromatic carbocycles. The zero-order valence-corrected chi connectivity index (χ0v) is 13.4. The van der Waals surface area contributed by atoms with E-state index in [0.29, 0.717) is 23.4 Å². The molecule has 9 heteroatoms. The number of urea groups is 1. The Labute approximate surface area is 137 Å². The SMILES string of the molecule is CN1C(=O)C2C(=NC(NN)=[N+]2Cc2ccccc2Cl)N(C)C1=O. The second kappa shape index (κ2) is 5.64. The van der Waals surface area contributed by atoms with Gasteiger partial charge in [0.15, 0.2) is 0 Å². The second-order valence-electron chi connectivity index (χ2n) is 5.30. The number of aliphatic imine (C=N–C) groups is 1. The number of guanidine groups is 1. The maximum Gasteiger partial charge on any atom is 0.407 e. The number of fused-ring (bicyclic) bond motifs is 1. The second-order valence-corrected chi connectivity index (χ2v) is 5.71. The third-order valence-electron chi connectivity index (χ3n) is 3.96. The average Bonchev–Trinajstić information content (AvgIpc) is 2.91. The number of hydrogen-bond donors (Lipinski definition) is 2. The summed E-state index contributed by atoms with van der Waals surface area (Å²) < 4.78 is 1.69. The number of nitrogens with two attached hydrogens (primary N) is 1. The fourth-order valence-corrected chi connectivity index (χ4v) is 2.89. The van der Waals surface area contributed by atoms with Gasteiger partial charge < -0.3 is 0 Å². The third-order valence-corrected chi connectivity index (χ3v) is 4.33. The molecule has 2 aliphatic heterocycles. The van der Waals surface area contributed by atoms with Gasteiger partial charge in [0.25, 0.3) is 5.91 Å². The van der Waals surface area contributed by atoms with E-state index in [9.17, 15) is 9.59 Å². The predicted molar refractivity (Wildman–Crippen MR) is 84.9 cm³/mol. The first-order valence-corrected chi connectivity index (χ1v) is 7.31. The Bertz CT molecular complexity index is 759. The van der Waals surface area contributed by atoms with Crippen LogP contribution in [0.5, 0.6) is 0 Å². The molecule has 120 valence electrons. The first-order valence-electron chi connectivity index (χ1n) is 6.93. The first-order chi connectivity index (χ1) is 11.0. The van der Waals surface area contributed by atoms with Crippen molar-refractivity contribution in [3.63, 3.8) is 0 Å². The summed E-state index contributed by atoms with van der Waals surface area (Å²) >= 11 is 6.20. The van der Waals surface area contributed by atoms with Gasteiger partial charge in [0.1, 0.15) is 0 Å². The quantitative estimate of drug-likeness (QED) is 0.451. The van der Waals surface area contributed by atoms with Crippen molar-refractivity contribution in [1.29, 1.82) is 0 Å². The minimum atomic E-state index is -0.718. The normalized spacial score (nSPS) is 20.9. The molecule has 3 rings (SSSR count). The molecule has 0 radical (unpaired) electrons. The van der Waals surface area contributed by atoms with Crippen LogP contribution in [0, 0.1) is 0 Å². The van der Waals surface area contributed by atoms with Gasteiger partial charge in [0, 0.05) is 24.7 Å². The minimum Gasteiger partial charge on any atom is -0.270 e. The van der Waals surface area contributed by atoms with Crippen molar-refractivity contribution in [2.45, 2.75) is 12.6 Å². The number of benzene rings is 1. The summed E-state index contributed by atoms with van der Waals surface area (Å²) in [6.45, 7) is 0.332. The number of rotatable bonds is 2. The highest BCUT2D eigenvalue weighted by atomic mass is 35.5. The largest absolute Gasteiger partial charge is 0.407 e. The molecule has 23 heavy (non-hydrogen) atoms. The van der Waals surface area contributed by atoms with Crippen LogP contribution in [0.2, 0.25) is 5.02 Å². The summed E-state index contributed by atoms with van der Waals surface area (Å²) in [6, 6.07) is 6.18. The van der Waals surface area contributed by atoms with Gasteiger partial charge in [-0.3, -0.25) is 14.6 Å². The summed E-state index contributed by atoms with van der Waals surface area (Å²) in [5.74, 6) is 5.83. The Hall–Kier alpha value is -2.45. The van der Waals surface area contributed by atoms with E-state index in [-0.39, 0.29) is 5.91 Å². The van der Waals surface area contributed by atoms with Crippen molar-refractivity contribution in [1.82, 2.24) is 15.2 Å². The maximum absolute atomic E-state index is 12.6. The fraction of sp³-hybridized carbons (Fsp3) is 0.286. The van der Waals surface area contributed by atoms with Crippen molar-refractivity contribution >= 4 is 35.3 Å². The van der Waals surface area contributed by atoms with Crippen LogP contribution in [-0.4, -0.2) is 58.2 Å². The zero-order chi connectivity index (χ0) is 16.7. The lowest BCUT2D eigenvalue weighted by Crippen LogP contribution is -2.61. The Morgan fingerprint density at radius 2 is 2.00 bits per heavy atom. The zero-order valence-electron chi connectivity index (χ0n) is 12.7. The molecule has 3 N–H and O–H groups in total. The van der Waals surface area contributed by atoms with Crippen LogP contribution < -0.4 is 11.3 Å². The number of amides is 3. The topological polar surface area (TPSA) is 94.0 Å². The van der Waals surface area contributed by atoms with Crippen LogP contribution in [-0.2, 0) is 11.3 Å². The lowest BCUT2D eigenvalue weighted by Gasteiger charge is -2.31. The summed E-state index contributed by atoms with van der Waals surface area (Å²) in [7, 11) is 3.02. The summed E-state index contributed by atoms with van der Waals surface area (Å²) in [5, 5.41) is 0.582. The molecular weight excluding hydrogens is 320 g/mol. The van der Waals surface area contributed by atoms with Crippen LogP contribution in [0.3, 0.4) is 0 Å². The third kappa shape index (κ3) is 2.36. The van der Waals surface area contributed by atoms with Gasteiger partial charge in [-0.05, 0) is 6.07 Å². The van der Waals surface area contributed by atoms with Gasteiger partial charge in [0.2, 0.25) is 11.9 Å². The van der Waals surface area contributed by atoms with Gasteiger partial charge in [-0.15, -0.1) is 0 Å². The van der Waals surface area contributed by atoms with E-state index >= 15 is 0 Å². The number of carbonyl (C=O) groups is 2. The highest BCUT2D eigenvalue weighted by Gasteiger charge is 2.51. The van der Waals surface area contributed by atoms with Gasteiger partial charge in [0.05, 0.1) is 6.54 Å². The molecule has 1 unspecified atom stereocenters. The van der Waals surface area contributed by atoms with Crippen LogP contribution in [0.4, 0.5) is 4.79 Å². The molecular formula is C14H16ClN6O2+. The molecule has 8 nitrogen and oxygen atoms in total. The van der Waals surface area contributed by atoms with E-state index in [1.807, 2.05) is 18.2 Å². The number of hydrogen-bond acceptors (Lipinski definition) is 5. The molecule has 0 bridgehead atoms. The molecule has 0 saturated carbocycles. The number of halogens is 1. The molecule has 1 atom stereocenters. The number of likely N-dealkylation sites (N-methyl/N-ethyl adjacent to an activating group) is 2. The summed E-state index contributed by atoms with van der Waals surface area (Å²) in [4.78, 5) is 31.3.